The SMILES string of the molecule is CCCC(CC)n1c(C)nc2cc(N)ccc21. The zero-order valence-corrected chi connectivity index (χ0v) is 10.9. The minimum absolute atomic E-state index is 0.550. The standard InChI is InChI=1S/C14H21N3/c1-4-6-12(5-2)17-10(3)16-13-9-11(15)7-8-14(13)17/h7-9,12H,4-6,15H2,1-3H3. The van der Waals surface area contributed by atoms with Gasteiger partial charge in [-0.05, 0) is 38.0 Å². The lowest BCUT2D eigenvalue weighted by Crippen LogP contribution is -2.09. The van der Waals surface area contributed by atoms with Gasteiger partial charge in [-0.15, -0.1) is 0 Å². The van der Waals surface area contributed by atoms with Gasteiger partial charge in [0.25, 0.3) is 0 Å². The Labute approximate surface area is 103 Å². The lowest BCUT2D eigenvalue weighted by molar-refractivity contribution is 0.449. The summed E-state index contributed by atoms with van der Waals surface area (Å²) in [5.41, 5.74) is 8.80. The maximum absolute atomic E-state index is 5.80. The van der Waals surface area contributed by atoms with Gasteiger partial charge in [-0.2, -0.15) is 0 Å². The van der Waals surface area contributed by atoms with Crippen LogP contribution in [-0.4, -0.2) is 9.55 Å². The highest BCUT2D eigenvalue weighted by Gasteiger charge is 2.14. The number of hydrogen-bond acceptors (Lipinski definition) is 2. The summed E-state index contributed by atoms with van der Waals surface area (Å²) in [5, 5.41) is 0. The molecule has 0 aliphatic heterocycles. The number of imidazole rings is 1. The van der Waals surface area contributed by atoms with Crippen molar-refractivity contribution >= 4 is 16.7 Å². The second-order valence-electron chi connectivity index (χ2n) is 4.63. The van der Waals surface area contributed by atoms with Crippen LogP contribution in [0.1, 0.15) is 45.0 Å². The van der Waals surface area contributed by atoms with Crippen molar-refractivity contribution in [1.82, 2.24) is 9.55 Å². The lowest BCUT2D eigenvalue weighted by Gasteiger charge is -2.18. The Hall–Kier alpha value is -1.51. The van der Waals surface area contributed by atoms with Crippen molar-refractivity contribution in [2.45, 2.75) is 46.1 Å². The smallest absolute Gasteiger partial charge is 0.106 e. The highest BCUT2D eigenvalue weighted by Crippen LogP contribution is 2.27. The third kappa shape index (κ3) is 2.14. The van der Waals surface area contributed by atoms with Gasteiger partial charge in [0.15, 0.2) is 0 Å². The Morgan fingerprint density at radius 1 is 1.35 bits per heavy atom. The molecule has 1 heterocycles. The predicted octanol–water partition coefficient (Wildman–Crippen LogP) is 3.68. The summed E-state index contributed by atoms with van der Waals surface area (Å²) in [7, 11) is 0. The summed E-state index contributed by atoms with van der Waals surface area (Å²) in [5.74, 6) is 1.09. The fourth-order valence-corrected chi connectivity index (χ4v) is 2.55. The molecule has 1 atom stereocenters. The average Bonchev–Trinajstić information content (AvgIpc) is 2.61. The van der Waals surface area contributed by atoms with Crippen molar-refractivity contribution in [2.24, 2.45) is 0 Å². The average molecular weight is 231 g/mol. The van der Waals surface area contributed by atoms with Crippen molar-refractivity contribution in [3.63, 3.8) is 0 Å². The van der Waals surface area contributed by atoms with E-state index in [9.17, 15) is 0 Å². The molecule has 17 heavy (non-hydrogen) atoms. The van der Waals surface area contributed by atoms with Crippen molar-refractivity contribution < 1.29 is 0 Å². The molecule has 0 amide bonds. The summed E-state index contributed by atoms with van der Waals surface area (Å²) in [6.45, 7) is 6.55. The van der Waals surface area contributed by atoms with Crippen LogP contribution in [0.25, 0.3) is 11.0 Å². The van der Waals surface area contributed by atoms with E-state index in [0.717, 1.165) is 23.4 Å². The van der Waals surface area contributed by atoms with E-state index in [4.69, 9.17) is 5.73 Å². The molecule has 0 saturated carbocycles. The van der Waals surface area contributed by atoms with Gasteiger partial charge >= 0.3 is 0 Å². The summed E-state index contributed by atoms with van der Waals surface area (Å²) in [4.78, 5) is 4.61. The number of aryl methyl sites for hydroxylation is 1. The number of nitrogen functional groups attached to an aromatic ring is 1. The van der Waals surface area contributed by atoms with Gasteiger partial charge < -0.3 is 10.3 Å². The number of anilines is 1. The summed E-state index contributed by atoms with van der Waals surface area (Å²) in [6, 6.07) is 6.55. The monoisotopic (exact) mass is 231 g/mol. The molecule has 0 bridgehead atoms. The summed E-state index contributed by atoms with van der Waals surface area (Å²) < 4.78 is 2.36. The Kier molecular flexibility index (Phi) is 3.36. The maximum atomic E-state index is 5.80. The Bertz CT molecular complexity index is 513. The number of benzene rings is 1. The minimum Gasteiger partial charge on any atom is -0.399 e. The zero-order chi connectivity index (χ0) is 12.4. The lowest BCUT2D eigenvalue weighted by atomic mass is 10.1. The van der Waals surface area contributed by atoms with Crippen LogP contribution in [-0.2, 0) is 0 Å². The van der Waals surface area contributed by atoms with Crippen molar-refractivity contribution in [1.29, 1.82) is 0 Å². The molecule has 0 spiro atoms. The fourth-order valence-electron chi connectivity index (χ4n) is 2.55. The predicted molar refractivity (Wildman–Crippen MR) is 73.1 cm³/mol. The number of rotatable bonds is 4. The Morgan fingerprint density at radius 2 is 2.12 bits per heavy atom. The van der Waals surface area contributed by atoms with E-state index in [2.05, 4.69) is 36.4 Å². The molecule has 0 aliphatic rings. The number of nitrogens with zero attached hydrogens (tertiary/aromatic N) is 2. The van der Waals surface area contributed by atoms with Gasteiger partial charge in [0.2, 0.25) is 0 Å². The number of hydrogen-bond donors (Lipinski definition) is 1. The van der Waals surface area contributed by atoms with Gasteiger partial charge in [0.1, 0.15) is 5.82 Å². The first kappa shape index (κ1) is 12.0. The molecule has 2 aromatic rings. The van der Waals surface area contributed by atoms with Crippen LogP contribution in [0.3, 0.4) is 0 Å². The van der Waals surface area contributed by atoms with E-state index in [1.54, 1.807) is 0 Å². The van der Waals surface area contributed by atoms with Crippen LogP contribution in [0.15, 0.2) is 18.2 Å². The maximum Gasteiger partial charge on any atom is 0.106 e. The third-order valence-electron chi connectivity index (χ3n) is 3.35. The molecule has 3 nitrogen and oxygen atoms in total. The highest BCUT2D eigenvalue weighted by molar-refractivity contribution is 5.79. The second kappa shape index (κ2) is 4.78. The molecule has 2 rings (SSSR count). The fraction of sp³-hybridized carbons (Fsp3) is 0.500. The largest absolute Gasteiger partial charge is 0.399 e. The molecule has 0 radical (unpaired) electrons. The van der Waals surface area contributed by atoms with Gasteiger partial charge in [-0.3, -0.25) is 0 Å². The molecular formula is C14H21N3. The quantitative estimate of drug-likeness (QED) is 0.816. The number of nitrogens with two attached hydrogens (primary N) is 1. The van der Waals surface area contributed by atoms with Crippen LogP contribution in [0.2, 0.25) is 0 Å². The van der Waals surface area contributed by atoms with Crippen LogP contribution in [0.4, 0.5) is 5.69 Å². The highest BCUT2D eigenvalue weighted by atomic mass is 15.1. The van der Waals surface area contributed by atoms with Crippen LogP contribution < -0.4 is 5.73 Å². The summed E-state index contributed by atoms with van der Waals surface area (Å²) >= 11 is 0. The molecule has 2 N–H and O–H groups in total. The molecular weight excluding hydrogens is 210 g/mol. The van der Waals surface area contributed by atoms with Crippen LogP contribution in [0, 0.1) is 6.92 Å². The molecule has 1 aromatic heterocycles. The minimum atomic E-state index is 0.550. The first-order chi connectivity index (χ1) is 8.17. The third-order valence-corrected chi connectivity index (χ3v) is 3.35. The molecule has 0 aliphatic carbocycles. The Balaban J connectivity index is 2.55. The first-order valence-corrected chi connectivity index (χ1v) is 6.41. The molecule has 1 unspecified atom stereocenters. The van der Waals surface area contributed by atoms with Gasteiger partial charge in [-0.25, -0.2) is 4.98 Å². The Morgan fingerprint density at radius 3 is 2.76 bits per heavy atom. The van der Waals surface area contributed by atoms with E-state index in [1.165, 1.54) is 18.4 Å². The van der Waals surface area contributed by atoms with E-state index < -0.39 is 0 Å². The molecule has 0 saturated heterocycles. The molecule has 92 valence electrons. The van der Waals surface area contributed by atoms with Crippen LogP contribution in [0.5, 0.6) is 0 Å². The molecule has 0 fully saturated rings. The van der Waals surface area contributed by atoms with E-state index in [1.807, 2.05) is 12.1 Å². The van der Waals surface area contributed by atoms with E-state index >= 15 is 0 Å². The van der Waals surface area contributed by atoms with Crippen molar-refractivity contribution in [3.05, 3.63) is 24.0 Å². The normalized spacial score (nSPS) is 13.1. The first-order valence-electron chi connectivity index (χ1n) is 6.41. The van der Waals surface area contributed by atoms with Crippen molar-refractivity contribution in [2.75, 3.05) is 5.73 Å². The van der Waals surface area contributed by atoms with E-state index in [-0.39, 0.29) is 0 Å². The van der Waals surface area contributed by atoms with E-state index in [0.29, 0.717) is 6.04 Å². The number of fused-ring (bicyclic) bond motifs is 1. The summed E-state index contributed by atoms with van der Waals surface area (Å²) in [6.07, 6.45) is 3.55. The zero-order valence-electron chi connectivity index (χ0n) is 10.9. The molecule has 1 aromatic carbocycles. The van der Waals surface area contributed by atoms with Gasteiger partial charge in [0.05, 0.1) is 11.0 Å². The number of aromatic nitrogens is 2. The topological polar surface area (TPSA) is 43.8 Å². The second-order valence-corrected chi connectivity index (χ2v) is 4.63. The van der Waals surface area contributed by atoms with Gasteiger partial charge in [0, 0.05) is 11.7 Å². The van der Waals surface area contributed by atoms with Crippen molar-refractivity contribution in [3.8, 4) is 0 Å². The van der Waals surface area contributed by atoms with Crippen LogP contribution >= 0.6 is 0 Å². The molecule has 3 heteroatoms. The van der Waals surface area contributed by atoms with Gasteiger partial charge in [-0.1, -0.05) is 20.3 Å².